The minimum Gasteiger partial charge on any atom is -0.493 e. The molecular weight excluding hydrogens is 236 g/mol. The first-order valence-corrected chi connectivity index (χ1v) is 6.04. The van der Waals surface area contributed by atoms with Crippen LogP contribution in [0.1, 0.15) is 10.7 Å². The summed E-state index contributed by atoms with van der Waals surface area (Å²) in [4.78, 5) is 4.33. The van der Waals surface area contributed by atoms with Crippen LogP contribution in [0.25, 0.3) is 0 Å². The standard InChI is InChI=1S/C12H14N2O2S/c1-8-7-17-12(14-8)6-16-10-4-3-9(13)5-11(10)15-2/h3-5,7H,6,13H2,1-2H3. The molecule has 0 aliphatic carbocycles. The van der Waals surface area contributed by atoms with E-state index in [-0.39, 0.29) is 0 Å². The molecule has 0 saturated carbocycles. The number of nitrogens with two attached hydrogens (primary N) is 1. The predicted molar refractivity (Wildman–Crippen MR) is 68.6 cm³/mol. The molecule has 2 rings (SSSR count). The Hall–Kier alpha value is -1.75. The van der Waals surface area contributed by atoms with E-state index in [0.29, 0.717) is 23.8 Å². The van der Waals surface area contributed by atoms with E-state index >= 15 is 0 Å². The molecule has 5 heteroatoms. The van der Waals surface area contributed by atoms with Gasteiger partial charge in [-0.25, -0.2) is 4.98 Å². The molecule has 0 aliphatic heterocycles. The first kappa shape index (κ1) is 11.7. The van der Waals surface area contributed by atoms with Gasteiger partial charge in [-0.2, -0.15) is 0 Å². The van der Waals surface area contributed by atoms with E-state index in [9.17, 15) is 0 Å². The van der Waals surface area contributed by atoms with Gasteiger partial charge in [0.25, 0.3) is 0 Å². The number of aryl methyl sites for hydroxylation is 1. The zero-order valence-corrected chi connectivity index (χ0v) is 10.6. The number of benzene rings is 1. The van der Waals surface area contributed by atoms with E-state index in [1.165, 1.54) is 0 Å². The number of nitrogens with zero attached hydrogens (tertiary/aromatic N) is 1. The van der Waals surface area contributed by atoms with E-state index < -0.39 is 0 Å². The highest BCUT2D eigenvalue weighted by molar-refractivity contribution is 7.09. The Balaban J connectivity index is 2.08. The molecule has 0 amide bonds. The van der Waals surface area contributed by atoms with Crippen molar-refractivity contribution in [1.82, 2.24) is 4.98 Å². The Morgan fingerprint density at radius 2 is 2.18 bits per heavy atom. The van der Waals surface area contributed by atoms with Crippen molar-refractivity contribution in [3.8, 4) is 11.5 Å². The molecule has 0 fully saturated rings. The van der Waals surface area contributed by atoms with Gasteiger partial charge >= 0.3 is 0 Å². The van der Waals surface area contributed by atoms with Gasteiger partial charge in [0.05, 0.1) is 7.11 Å². The lowest BCUT2D eigenvalue weighted by Crippen LogP contribution is -1.98. The van der Waals surface area contributed by atoms with Crippen LogP contribution in [0.2, 0.25) is 0 Å². The van der Waals surface area contributed by atoms with Crippen molar-refractivity contribution >= 4 is 17.0 Å². The van der Waals surface area contributed by atoms with Gasteiger partial charge in [-0.1, -0.05) is 0 Å². The molecule has 90 valence electrons. The zero-order valence-electron chi connectivity index (χ0n) is 9.77. The average molecular weight is 250 g/mol. The number of hydrogen-bond acceptors (Lipinski definition) is 5. The van der Waals surface area contributed by atoms with Crippen LogP contribution in [0.3, 0.4) is 0 Å². The minimum absolute atomic E-state index is 0.443. The van der Waals surface area contributed by atoms with Gasteiger partial charge < -0.3 is 15.2 Å². The van der Waals surface area contributed by atoms with Crippen molar-refractivity contribution in [1.29, 1.82) is 0 Å². The van der Waals surface area contributed by atoms with Gasteiger partial charge in [0.2, 0.25) is 0 Å². The Kier molecular flexibility index (Phi) is 3.49. The van der Waals surface area contributed by atoms with Gasteiger partial charge in [0.1, 0.15) is 11.6 Å². The number of rotatable bonds is 4. The highest BCUT2D eigenvalue weighted by Gasteiger charge is 2.06. The molecule has 1 aromatic heterocycles. The zero-order chi connectivity index (χ0) is 12.3. The smallest absolute Gasteiger partial charge is 0.162 e. The summed E-state index contributed by atoms with van der Waals surface area (Å²) in [5, 5.41) is 2.94. The van der Waals surface area contributed by atoms with Crippen LogP contribution in [0.15, 0.2) is 23.6 Å². The lowest BCUT2D eigenvalue weighted by molar-refractivity contribution is 0.284. The highest BCUT2D eigenvalue weighted by atomic mass is 32.1. The van der Waals surface area contributed by atoms with Crippen molar-refractivity contribution in [3.63, 3.8) is 0 Å². The molecule has 1 heterocycles. The SMILES string of the molecule is COc1cc(N)ccc1OCc1nc(C)cs1. The number of aromatic nitrogens is 1. The van der Waals surface area contributed by atoms with Gasteiger partial charge in [0.15, 0.2) is 11.5 Å². The normalized spacial score (nSPS) is 10.2. The second kappa shape index (κ2) is 5.05. The average Bonchev–Trinajstić information content (AvgIpc) is 2.73. The Morgan fingerprint density at radius 3 is 2.82 bits per heavy atom. The summed E-state index contributed by atoms with van der Waals surface area (Å²) in [5.41, 5.74) is 7.33. The first-order chi connectivity index (χ1) is 8.19. The Bertz CT molecular complexity index is 511. The second-order valence-electron chi connectivity index (χ2n) is 3.58. The monoisotopic (exact) mass is 250 g/mol. The maximum atomic E-state index is 5.67. The predicted octanol–water partition coefficient (Wildman–Crippen LogP) is 2.62. The van der Waals surface area contributed by atoms with Crippen molar-refractivity contribution in [3.05, 3.63) is 34.3 Å². The van der Waals surface area contributed by atoms with Gasteiger partial charge in [-0.05, 0) is 19.1 Å². The molecule has 0 saturated heterocycles. The summed E-state index contributed by atoms with van der Waals surface area (Å²) in [5.74, 6) is 1.31. The number of anilines is 1. The van der Waals surface area contributed by atoms with Crippen LogP contribution < -0.4 is 15.2 Å². The fourth-order valence-corrected chi connectivity index (χ4v) is 2.09. The first-order valence-electron chi connectivity index (χ1n) is 5.16. The Morgan fingerprint density at radius 1 is 1.35 bits per heavy atom. The lowest BCUT2D eigenvalue weighted by Gasteiger charge is -2.09. The number of hydrogen-bond donors (Lipinski definition) is 1. The number of thiazole rings is 1. The van der Waals surface area contributed by atoms with Crippen LogP contribution in [0, 0.1) is 6.92 Å². The van der Waals surface area contributed by atoms with Crippen molar-refractivity contribution in [2.75, 3.05) is 12.8 Å². The van der Waals surface area contributed by atoms with Crippen LogP contribution in [0.4, 0.5) is 5.69 Å². The largest absolute Gasteiger partial charge is 0.493 e. The molecule has 1 aromatic carbocycles. The molecule has 0 spiro atoms. The van der Waals surface area contributed by atoms with Crippen LogP contribution in [0.5, 0.6) is 11.5 Å². The van der Waals surface area contributed by atoms with E-state index in [1.54, 1.807) is 36.6 Å². The molecule has 17 heavy (non-hydrogen) atoms. The highest BCUT2D eigenvalue weighted by Crippen LogP contribution is 2.29. The molecule has 0 aliphatic rings. The summed E-state index contributed by atoms with van der Waals surface area (Å²) in [6.07, 6.45) is 0. The summed E-state index contributed by atoms with van der Waals surface area (Å²) in [7, 11) is 1.59. The van der Waals surface area contributed by atoms with E-state index in [2.05, 4.69) is 4.98 Å². The fraction of sp³-hybridized carbons (Fsp3) is 0.250. The van der Waals surface area contributed by atoms with Crippen molar-refractivity contribution < 1.29 is 9.47 Å². The van der Waals surface area contributed by atoms with Crippen LogP contribution in [-0.4, -0.2) is 12.1 Å². The third kappa shape index (κ3) is 2.88. The molecule has 2 aromatic rings. The van der Waals surface area contributed by atoms with Crippen molar-refractivity contribution in [2.24, 2.45) is 0 Å². The van der Waals surface area contributed by atoms with Crippen LogP contribution in [-0.2, 0) is 6.61 Å². The molecule has 0 bridgehead atoms. The third-order valence-corrected chi connectivity index (χ3v) is 3.15. The molecular formula is C12H14N2O2S. The number of nitrogen functional groups attached to an aromatic ring is 1. The van der Waals surface area contributed by atoms with Gasteiger partial charge in [0, 0.05) is 22.8 Å². The summed E-state index contributed by atoms with van der Waals surface area (Å²) in [6.45, 7) is 2.41. The topological polar surface area (TPSA) is 57.4 Å². The maximum Gasteiger partial charge on any atom is 0.162 e. The lowest BCUT2D eigenvalue weighted by atomic mass is 10.3. The molecule has 0 atom stereocenters. The molecule has 0 radical (unpaired) electrons. The number of ether oxygens (including phenoxy) is 2. The summed E-state index contributed by atoms with van der Waals surface area (Å²) in [6, 6.07) is 5.32. The molecule has 2 N–H and O–H groups in total. The second-order valence-corrected chi connectivity index (χ2v) is 4.52. The van der Waals surface area contributed by atoms with Crippen molar-refractivity contribution in [2.45, 2.75) is 13.5 Å². The van der Waals surface area contributed by atoms with Gasteiger partial charge in [-0.3, -0.25) is 0 Å². The fourth-order valence-electron chi connectivity index (χ4n) is 1.41. The quantitative estimate of drug-likeness (QED) is 0.847. The van der Waals surface area contributed by atoms with Crippen LogP contribution >= 0.6 is 11.3 Å². The van der Waals surface area contributed by atoms with E-state index in [1.807, 2.05) is 12.3 Å². The Labute approximate surface area is 104 Å². The van der Waals surface area contributed by atoms with E-state index in [0.717, 1.165) is 10.7 Å². The third-order valence-electron chi connectivity index (χ3n) is 2.21. The number of methoxy groups -OCH3 is 1. The van der Waals surface area contributed by atoms with Gasteiger partial charge in [-0.15, -0.1) is 11.3 Å². The summed E-state index contributed by atoms with van der Waals surface area (Å²) < 4.78 is 10.8. The molecule has 4 nitrogen and oxygen atoms in total. The van der Waals surface area contributed by atoms with E-state index in [4.69, 9.17) is 15.2 Å². The molecule has 0 unspecified atom stereocenters. The minimum atomic E-state index is 0.443. The summed E-state index contributed by atoms with van der Waals surface area (Å²) >= 11 is 1.58. The maximum absolute atomic E-state index is 5.67.